The average molecular weight is 449 g/mol. The van der Waals surface area contributed by atoms with Crippen molar-refractivity contribution >= 4 is 17.4 Å². The fraction of sp³-hybridized carbons (Fsp3) is 0.407. The molecule has 2 aromatic rings. The molecule has 1 saturated heterocycles. The maximum atomic E-state index is 13.5. The van der Waals surface area contributed by atoms with E-state index in [1.165, 1.54) is 4.90 Å². The molecule has 1 atom stereocenters. The molecule has 0 saturated carbocycles. The number of rotatable bonds is 8. The minimum absolute atomic E-state index is 0.0533. The lowest BCUT2D eigenvalue weighted by Gasteiger charge is -2.34. The van der Waals surface area contributed by atoms with E-state index in [-0.39, 0.29) is 30.4 Å². The van der Waals surface area contributed by atoms with Crippen molar-refractivity contribution in [2.24, 2.45) is 5.92 Å². The first-order chi connectivity index (χ1) is 16.0. The highest BCUT2D eigenvalue weighted by atomic mass is 16.5. The van der Waals surface area contributed by atoms with Gasteiger partial charge in [0.2, 0.25) is 0 Å². The SMILES string of the molecule is CC(C)Oc1ccc(C2=C(N3CCCC(CO)C3)C(=O)N(CCc3ccccc3)C2=O)cc1. The summed E-state index contributed by atoms with van der Waals surface area (Å²) in [5.41, 5.74) is 2.71. The first-order valence-electron chi connectivity index (χ1n) is 11.7. The normalized spacial score (nSPS) is 19.1. The largest absolute Gasteiger partial charge is 0.491 e. The zero-order valence-corrected chi connectivity index (χ0v) is 19.4. The Bertz CT molecular complexity index is 1010. The van der Waals surface area contributed by atoms with Crippen LogP contribution in [0.25, 0.3) is 5.57 Å². The molecule has 0 bridgehead atoms. The third-order valence-corrected chi connectivity index (χ3v) is 6.22. The first kappa shape index (κ1) is 23.1. The summed E-state index contributed by atoms with van der Waals surface area (Å²) in [5.74, 6) is 0.337. The molecule has 0 aliphatic carbocycles. The number of carbonyl (C=O) groups excluding carboxylic acids is 2. The van der Waals surface area contributed by atoms with Gasteiger partial charge in [-0.3, -0.25) is 14.5 Å². The molecule has 2 aliphatic heterocycles. The van der Waals surface area contributed by atoms with Crippen molar-refractivity contribution in [1.29, 1.82) is 0 Å². The summed E-state index contributed by atoms with van der Waals surface area (Å²) in [6.07, 6.45) is 2.47. The van der Waals surface area contributed by atoms with Gasteiger partial charge in [-0.15, -0.1) is 0 Å². The van der Waals surface area contributed by atoms with Gasteiger partial charge in [0.25, 0.3) is 11.8 Å². The number of amides is 2. The number of piperidine rings is 1. The number of carbonyl (C=O) groups is 2. The zero-order chi connectivity index (χ0) is 23.4. The van der Waals surface area contributed by atoms with Crippen LogP contribution in [0.1, 0.15) is 37.8 Å². The second-order valence-corrected chi connectivity index (χ2v) is 9.05. The molecule has 1 fully saturated rings. The Morgan fingerprint density at radius 2 is 1.76 bits per heavy atom. The molecule has 174 valence electrons. The van der Waals surface area contributed by atoms with E-state index < -0.39 is 0 Å². The van der Waals surface area contributed by atoms with Crippen molar-refractivity contribution in [3.8, 4) is 5.75 Å². The van der Waals surface area contributed by atoms with Gasteiger partial charge in [-0.2, -0.15) is 0 Å². The fourth-order valence-corrected chi connectivity index (χ4v) is 4.59. The number of aliphatic hydroxyl groups excluding tert-OH is 1. The summed E-state index contributed by atoms with van der Waals surface area (Å²) in [4.78, 5) is 30.5. The fourth-order valence-electron chi connectivity index (χ4n) is 4.59. The predicted molar refractivity (Wildman–Crippen MR) is 127 cm³/mol. The molecule has 2 aromatic carbocycles. The summed E-state index contributed by atoms with van der Waals surface area (Å²) < 4.78 is 5.74. The number of benzene rings is 2. The van der Waals surface area contributed by atoms with E-state index in [2.05, 4.69) is 0 Å². The Morgan fingerprint density at radius 1 is 1.03 bits per heavy atom. The van der Waals surface area contributed by atoms with E-state index in [0.29, 0.717) is 42.9 Å². The van der Waals surface area contributed by atoms with Crippen LogP contribution < -0.4 is 4.74 Å². The zero-order valence-electron chi connectivity index (χ0n) is 19.4. The van der Waals surface area contributed by atoms with Gasteiger partial charge in [0.1, 0.15) is 11.4 Å². The van der Waals surface area contributed by atoms with E-state index in [4.69, 9.17) is 4.74 Å². The van der Waals surface area contributed by atoms with Gasteiger partial charge >= 0.3 is 0 Å². The lowest BCUT2D eigenvalue weighted by Crippen LogP contribution is -2.41. The predicted octanol–water partition coefficient (Wildman–Crippen LogP) is 3.50. The Hall–Kier alpha value is -3.12. The van der Waals surface area contributed by atoms with Crippen LogP contribution in [0.3, 0.4) is 0 Å². The molecule has 0 radical (unpaired) electrons. The molecule has 1 N–H and O–H groups in total. The smallest absolute Gasteiger partial charge is 0.277 e. The summed E-state index contributed by atoms with van der Waals surface area (Å²) >= 11 is 0. The van der Waals surface area contributed by atoms with E-state index in [9.17, 15) is 14.7 Å². The number of hydrogen-bond donors (Lipinski definition) is 1. The first-order valence-corrected chi connectivity index (χ1v) is 11.7. The highest BCUT2D eigenvalue weighted by molar-refractivity contribution is 6.35. The van der Waals surface area contributed by atoms with E-state index in [0.717, 1.165) is 24.2 Å². The van der Waals surface area contributed by atoms with Crippen LogP contribution in [-0.4, -0.2) is 59.1 Å². The molecule has 4 rings (SSSR count). The Balaban J connectivity index is 1.65. The van der Waals surface area contributed by atoms with Crippen molar-refractivity contribution in [3.63, 3.8) is 0 Å². The standard InChI is InChI=1S/C27H32N2O4/c1-19(2)33-23-12-10-22(11-13-23)24-25(28-15-6-9-21(17-28)18-30)27(32)29(26(24)31)16-14-20-7-4-3-5-8-20/h3-5,7-8,10-13,19,21,30H,6,9,14-18H2,1-2H3. The molecule has 2 amide bonds. The van der Waals surface area contributed by atoms with E-state index in [1.54, 1.807) is 0 Å². The second-order valence-electron chi connectivity index (χ2n) is 9.05. The van der Waals surface area contributed by atoms with E-state index in [1.807, 2.05) is 73.3 Å². The molecule has 0 spiro atoms. The molecule has 2 heterocycles. The van der Waals surface area contributed by atoms with Gasteiger partial charge < -0.3 is 14.7 Å². The van der Waals surface area contributed by atoms with E-state index >= 15 is 0 Å². The third kappa shape index (κ3) is 5.11. The highest BCUT2D eigenvalue weighted by Gasteiger charge is 2.42. The van der Waals surface area contributed by atoms with Gasteiger partial charge in [-0.05, 0) is 62.3 Å². The Labute approximate surface area is 195 Å². The quantitative estimate of drug-likeness (QED) is 0.626. The van der Waals surface area contributed by atoms with Crippen molar-refractivity contribution in [2.45, 2.75) is 39.2 Å². The minimum Gasteiger partial charge on any atom is -0.491 e. The van der Waals surface area contributed by atoms with Crippen LogP contribution in [0.5, 0.6) is 5.75 Å². The number of nitrogens with zero attached hydrogens (tertiary/aromatic N) is 2. The maximum absolute atomic E-state index is 13.5. The molecule has 1 unspecified atom stereocenters. The average Bonchev–Trinajstić information content (AvgIpc) is 3.08. The monoisotopic (exact) mass is 448 g/mol. The van der Waals surface area contributed by atoms with Crippen LogP contribution in [0, 0.1) is 5.92 Å². The lowest BCUT2D eigenvalue weighted by atomic mass is 9.97. The third-order valence-electron chi connectivity index (χ3n) is 6.22. The highest BCUT2D eigenvalue weighted by Crippen LogP contribution is 2.34. The summed E-state index contributed by atoms with van der Waals surface area (Å²) in [6.45, 7) is 5.63. The van der Waals surface area contributed by atoms with Crippen LogP contribution >= 0.6 is 0 Å². The van der Waals surface area contributed by atoms with Gasteiger partial charge in [-0.25, -0.2) is 0 Å². The van der Waals surface area contributed by atoms with Crippen molar-refractivity contribution < 1.29 is 19.4 Å². The summed E-state index contributed by atoms with van der Waals surface area (Å²) in [5, 5.41) is 9.70. The van der Waals surface area contributed by atoms with Gasteiger partial charge in [0.05, 0.1) is 11.7 Å². The number of hydrogen-bond acceptors (Lipinski definition) is 5. The Kier molecular flexibility index (Phi) is 7.14. The molecule has 0 aromatic heterocycles. The Morgan fingerprint density at radius 3 is 2.42 bits per heavy atom. The molecule has 6 nitrogen and oxygen atoms in total. The second kappa shape index (κ2) is 10.2. The molecule has 2 aliphatic rings. The van der Waals surface area contributed by atoms with Gasteiger partial charge in [0.15, 0.2) is 0 Å². The minimum atomic E-state index is -0.255. The summed E-state index contributed by atoms with van der Waals surface area (Å²) in [6, 6.07) is 17.3. The topological polar surface area (TPSA) is 70.1 Å². The van der Waals surface area contributed by atoms with Crippen LogP contribution in [0.4, 0.5) is 0 Å². The van der Waals surface area contributed by atoms with Crippen LogP contribution in [0.2, 0.25) is 0 Å². The van der Waals surface area contributed by atoms with Gasteiger partial charge in [-0.1, -0.05) is 42.5 Å². The van der Waals surface area contributed by atoms with Crippen molar-refractivity contribution in [3.05, 3.63) is 71.4 Å². The number of imide groups is 1. The molecular formula is C27H32N2O4. The lowest BCUT2D eigenvalue weighted by molar-refractivity contribution is -0.137. The van der Waals surface area contributed by atoms with Crippen LogP contribution in [-0.2, 0) is 16.0 Å². The number of likely N-dealkylation sites (tertiary alicyclic amines) is 1. The van der Waals surface area contributed by atoms with Crippen molar-refractivity contribution in [1.82, 2.24) is 9.80 Å². The maximum Gasteiger partial charge on any atom is 0.277 e. The van der Waals surface area contributed by atoms with Gasteiger partial charge in [0, 0.05) is 26.2 Å². The number of aliphatic hydroxyl groups is 1. The molecular weight excluding hydrogens is 416 g/mol. The molecule has 33 heavy (non-hydrogen) atoms. The van der Waals surface area contributed by atoms with Crippen molar-refractivity contribution in [2.75, 3.05) is 26.2 Å². The molecule has 6 heteroatoms. The van der Waals surface area contributed by atoms with Crippen LogP contribution in [0.15, 0.2) is 60.3 Å². The number of ether oxygens (including phenoxy) is 1. The summed E-state index contributed by atoms with van der Waals surface area (Å²) in [7, 11) is 0.